The van der Waals surface area contributed by atoms with Gasteiger partial charge in [-0.3, -0.25) is 4.79 Å². The lowest BCUT2D eigenvalue weighted by Crippen LogP contribution is -2.33. The average molecular weight is 379 g/mol. The van der Waals surface area contributed by atoms with Gasteiger partial charge < -0.3 is 9.84 Å². The van der Waals surface area contributed by atoms with E-state index in [0.717, 1.165) is 5.56 Å². The molecule has 0 bridgehead atoms. The van der Waals surface area contributed by atoms with E-state index in [2.05, 4.69) is 10.5 Å². The molecular weight excluding hydrogens is 354 g/mol. The molecule has 0 aliphatic heterocycles. The summed E-state index contributed by atoms with van der Waals surface area (Å²) < 4.78 is 31.3. The third kappa shape index (κ3) is 3.96. The molecule has 1 aromatic carbocycles. The zero-order valence-electron chi connectivity index (χ0n) is 15.9. The normalized spacial score (nSPS) is 13.2. The first-order valence-electron chi connectivity index (χ1n) is 8.37. The zero-order chi connectivity index (χ0) is 19.6. The third-order valence-corrected chi connectivity index (χ3v) is 6.49. The second-order valence-electron chi connectivity index (χ2n) is 6.59. The number of anilines is 1. The van der Waals surface area contributed by atoms with Crippen molar-refractivity contribution in [2.24, 2.45) is 0 Å². The highest BCUT2D eigenvalue weighted by molar-refractivity contribution is 7.89. The Balaban J connectivity index is 2.16. The highest BCUT2D eigenvalue weighted by atomic mass is 32.2. The number of aromatic nitrogens is 1. The first-order valence-corrected chi connectivity index (χ1v) is 9.81. The summed E-state index contributed by atoms with van der Waals surface area (Å²) in [6.07, 6.45) is 0. The number of nitrogens with one attached hydrogen (secondary N) is 1. The Morgan fingerprint density at radius 3 is 2.19 bits per heavy atom. The molecule has 2 rings (SSSR count). The predicted octanol–water partition coefficient (Wildman–Crippen LogP) is 3.06. The molecule has 0 fully saturated rings. The van der Waals surface area contributed by atoms with Gasteiger partial charge in [-0.1, -0.05) is 5.16 Å². The molecule has 0 spiro atoms. The summed E-state index contributed by atoms with van der Waals surface area (Å²) in [6.45, 7) is 8.95. The summed E-state index contributed by atoms with van der Waals surface area (Å²) in [6, 6.07) is 6.00. The molecule has 1 unspecified atom stereocenters. The van der Waals surface area contributed by atoms with Gasteiger partial charge in [0.15, 0.2) is 0 Å². The Hall–Kier alpha value is -2.19. The lowest BCUT2D eigenvalue weighted by atomic mass is 9.98. The number of hydrogen-bond donors (Lipinski definition) is 1. The van der Waals surface area contributed by atoms with Crippen LogP contribution in [0.15, 0.2) is 33.7 Å². The van der Waals surface area contributed by atoms with Gasteiger partial charge >= 0.3 is 0 Å². The summed E-state index contributed by atoms with van der Waals surface area (Å²) in [5.41, 5.74) is 1.98. The van der Waals surface area contributed by atoms with E-state index in [1.165, 1.54) is 16.4 Å². The van der Waals surface area contributed by atoms with Crippen LogP contribution >= 0.6 is 0 Å². The topological polar surface area (TPSA) is 92.5 Å². The highest BCUT2D eigenvalue weighted by Gasteiger charge is 2.24. The molecule has 0 saturated carbocycles. The minimum Gasteiger partial charge on any atom is -0.361 e. The van der Waals surface area contributed by atoms with Crippen LogP contribution in [0.1, 0.15) is 43.7 Å². The van der Waals surface area contributed by atoms with Crippen LogP contribution in [0.5, 0.6) is 0 Å². The minimum absolute atomic E-state index is 0.143. The van der Waals surface area contributed by atoms with Crippen molar-refractivity contribution in [1.29, 1.82) is 0 Å². The van der Waals surface area contributed by atoms with Gasteiger partial charge in [0.05, 0.1) is 16.5 Å². The Morgan fingerprint density at radius 1 is 1.15 bits per heavy atom. The Kier molecular flexibility index (Phi) is 5.87. The van der Waals surface area contributed by atoms with E-state index < -0.39 is 15.9 Å². The maximum absolute atomic E-state index is 12.5. The number of hydrogen-bond acceptors (Lipinski definition) is 5. The molecule has 1 heterocycles. The van der Waals surface area contributed by atoms with Gasteiger partial charge in [0.25, 0.3) is 0 Å². The Morgan fingerprint density at radius 2 is 1.73 bits per heavy atom. The van der Waals surface area contributed by atoms with Crippen molar-refractivity contribution in [3.05, 3.63) is 41.3 Å². The molecule has 0 radical (unpaired) electrons. The van der Waals surface area contributed by atoms with E-state index in [1.54, 1.807) is 40.0 Å². The van der Waals surface area contributed by atoms with E-state index in [-0.39, 0.29) is 16.8 Å². The number of aryl methyl sites for hydroxylation is 2. The van der Waals surface area contributed by atoms with Crippen molar-refractivity contribution in [2.45, 2.75) is 51.5 Å². The lowest BCUT2D eigenvalue weighted by molar-refractivity contribution is -0.117. The quantitative estimate of drug-likeness (QED) is 0.833. The fraction of sp³-hybridized carbons (Fsp3) is 0.444. The molecule has 0 aliphatic carbocycles. The van der Waals surface area contributed by atoms with Gasteiger partial charge in [-0.05, 0) is 58.9 Å². The van der Waals surface area contributed by atoms with Crippen molar-refractivity contribution in [1.82, 2.24) is 9.46 Å². The van der Waals surface area contributed by atoms with E-state index in [0.29, 0.717) is 17.1 Å². The molecule has 1 N–H and O–H groups in total. The molecule has 2 aromatic rings. The van der Waals surface area contributed by atoms with Crippen LogP contribution in [0.2, 0.25) is 0 Å². The van der Waals surface area contributed by atoms with Crippen LogP contribution in [-0.4, -0.2) is 36.9 Å². The first kappa shape index (κ1) is 20.1. The largest absolute Gasteiger partial charge is 0.361 e. The number of benzene rings is 1. The summed E-state index contributed by atoms with van der Waals surface area (Å²) >= 11 is 0. The molecule has 0 aliphatic rings. The van der Waals surface area contributed by atoms with E-state index in [4.69, 9.17) is 4.52 Å². The Labute approximate surface area is 154 Å². The maximum atomic E-state index is 12.5. The monoisotopic (exact) mass is 379 g/mol. The number of rotatable bonds is 6. The molecule has 1 amide bonds. The molecule has 26 heavy (non-hydrogen) atoms. The minimum atomic E-state index is -3.55. The molecular formula is C18H25N3O4S. The fourth-order valence-electron chi connectivity index (χ4n) is 2.64. The molecule has 1 atom stereocenters. The second kappa shape index (κ2) is 7.59. The molecule has 0 saturated heterocycles. The van der Waals surface area contributed by atoms with Crippen LogP contribution in [-0.2, 0) is 14.8 Å². The summed E-state index contributed by atoms with van der Waals surface area (Å²) in [7, 11) is -2.00. The first-order chi connectivity index (χ1) is 12.1. The van der Waals surface area contributed by atoms with Gasteiger partial charge in [0, 0.05) is 24.3 Å². The number of sulfonamides is 1. The van der Waals surface area contributed by atoms with Crippen LogP contribution in [0, 0.1) is 13.8 Å². The van der Waals surface area contributed by atoms with E-state index >= 15 is 0 Å². The van der Waals surface area contributed by atoms with Gasteiger partial charge in [0.1, 0.15) is 5.76 Å². The van der Waals surface area contributed by atoms with Gasteiger partial charge in [-0.25, -0.2) is 8.42 Å². The van der Waals surface area contributed by atoms with Gasteiger partial charge in [0.2, 0.25) is 15.9 Å². The smallest absolute Gasteiger partial charge is 0.243 e. The van der Waals surface area contributed by atoms with Gasteiger partial charge in [-0.15, -0.1) is 0 Å². The molecule has 7 nitrogen and oxygen atoms in total. The number of carbonyl (C=O) groups excluding carboxylic acids is 1. The molecule has 8 heteroatoms. The number of nitrogens with zero attached hydrogens (tertiary/aromatic N) is 2. The fourth-order valence-corrected chi connectivity index (χ4v) is 4.01. The highest BCUT2D eigenvalue weighted by Crippen LogP contribution is 2.25. The molecule has 142 valence electrons. The van der Waals surface area contributed by atoms with Crippen molar-refractivity contribution in [3.8, 4) is 0 Å². The summed E-state index contributed by atoms with van der Waals surface area (Å²) in [5.74, 6) is -0.0330. The van der Waals surface area contributed by atoms with Gasteiger partial charge in [-0.2, -0.15) is 4.31 Å². The van der Waals surface area contributed by atoms with Crippen LogP contribution in [0.4, 0.5) is 5.69 Å². The number of carbonyl (C=O) groups is 1. The summed E-state index contributed by atoms with van der Waals surface area (Å²) in [4.78, 5) is 12.7. The Bertz CT molecular complexity index is 866. The standard InChI is InChI=1S/C18H25N3O4S/c1-11(2)21(6)26(23,24)16-9-7-15(8-10-16)19-18(22)12(3)17-13(4)20-25-14(17)5/h7-12H,1-6H3,(H,19,22). The SMILES string of the molecule is Cc1noc(C)c1C(C)C(=O)Nc1ccc(S(=O)(=O)N(C)C(C)C)cc1. The van der Waals surface area contributed by atoms with Crippen LogP contribution < -0.4 is 5.32 Å². The average Bonchev–Trinajstić information content (AvgIpc) is 2.92. The summed E-state index contributed by atoms with van der Waals surface area (Å²) in [5, 5.41) is 6.67. The van der Waals surface area contributed by atoms with Crippen LogP contribution in [0.25, 0.3) is 0 Å². The van der Waals surface area contributed by atoms with Crippen LogP contribution in [0.3, 0.4) is 0 Å². The maximum Gasteiger partial charge on any atom is 0.243 e. The van der Waals surface area contributed by atoms with Crippen molar-refractivity contribution >= 4 is 21.6 Å². The van der Waals surface area contributed by atoms with E-state index in [1.807, 2.05) is 13.8 Å². The van der Waals surface area contributed by atoms with E-state index in [9.17, 15) is 13.2 Å². The second-order valence-corrected chi connectivity index (χ2v) is 8.59. The van der Waals surface area contributed by atoms with Crippen molar-refractivity contribution < 1.29 is 17.7 Å². The molecule has 1 aromatic heterocycles. The lowest BCUT2D eigenvalue weighted by Gasteiger charge is -2.21. The third-order valence-electron chi connectivity index (χ3n) is 4.44. The van der Waals surface area contributed by atoms with Crippen molar-refractivity contribution in [2.75, 3.05) is 12.4 Å². The predicted molar refractivity (Wildman–Crippen MR) is 99.5 cm³/mol. The zero-order valence-corrected chi connectivity index (χ0v) is 16.7. The number of amides is 1. The van der Waals surface area contributed by atoms with Crippen molar-refractivity contribution in [3.63, 3.8) is 0 Å².